The molecule has 0 fully saturated rings. The fraction of sp³-hybridized carbons (Fsp3) is 0.440. The molecule has 0 bridgehead atoms. The average molecular weight is 411 g/mol. The van der Waals surface area contributed by atoms with E-state index in [9.17, 15) is 9.59 Å². The molecule has 0 aromatic heterocycles. The van der Waals surface area contributed by atoms with E-state index < -0.39 is 6.04 Å². The zero-order valence-electron chi connectivity index (χ0n) is 18.6. The molecule has 1 N–H and O–H groups in total. The Bertz CT molecular complexity index is 820. The first-order valence-electron chi connectivity index (χ1n) is 10.8. The van der Waals surface area contributed by atoms with Gasteiger partial charge in [-0.3, -0.25) is 9.59 Å². The summed E-state index contributed by atoms with van der Waals surface area (Å²) in [5.41, 5.74) is 3.20. The molecule has 0 radical (unpaired) electrons. The van der Waals surface area contributed by atoms with Crippen molar-refractivity contribution < 1.29 is 14.3 Å². The van der Waals surface area contributed by atoms with Gasteiger partial charge in [0.1, 0.15) is 11.8 Å². The summed E-state index contributed by atoms with van der Waals surface area (Å²) >= 11 is 0. The van der Waals surface area contributed by atoms with Crippen molar-refractivity contribution in [3.63, 3.8) is 0 Å². The summed E-state index contributed by atoms with van der Waals surface area (Å²) in [5.74, 6) is 0.424. The Morgan fingerprint density at radius 3 is 2.47 bits per heavy atom. The number of nitrogens with zero attached hydrogens (tertiary/aromatic N) is 1. The number of aryl methyl sites for hydroxylation is 2. The molecule has 2 aromatic carbocycles. The highest BCUT2D eigenvalue weighted by molar-refractivity contribution is 5.88. The lowest BCUT2D eigenvalue weighted by Gasteiger charge is -2.30. The normalized spacial score (nSPS) is 11.6. The number of carbonyl (C=O) groups excluding carboxylic acids is 2. The minimum atomic E-state index is -0.505. The van der Waals surface area contributed by atoms with Crippen LogP contribution < -0.4 is 10.1 Å². The van der Waals surface area contributed by atoms with Crippen molar-refractivity contribution in [1.82, 2.24) is 10.2 Å². The number of hydrogen-bond donors (Lipinski definition) is 1. The maximum Gasteiger partial charge on any atom is 0.261 e. The highest BCUT2D eigenvalue weighted by Gasteiger charge is 2.28. The predicted octanol–water partition coefficient (Wildman–Crippen LogP) is 4.06. The fourth-order valence-electron chi connectivity index (χ4n) is 3.35. The van der Waals surface area contributed by atoms with Gasteiger partial charge < -0.3 is 15.0 Å². The maximum absolute atomic E-state index is 13.1. The second kappa shape index (κ2) is 12.0. The molecular weight excluding hydrogens is 376 g/mol. The van der Waals surface area contributed by atoms with Crippen molar-refractivity contribution in [3.8, 4) is 5.75 Å². The van der Waals surface area contributed by atoms with Crippen LogP contribution in [0.25, 0.3) is 0 Å². The summed E-state index contributed by atoms with van der Waals surface area (Å²) in [6.07, 6.45) is 2.10. The van der Waals surface area contributed by atoms with Gasteiger partial charge >= 0.3 is 0 Å². The maximum atomic E-state index is 13.1. The third-order valence-electron chi connectivity index (χ3n) is 5.11. The van der Waals surface area contributed by atoms with Gasteiger partial charge in [-0.05, 0) is 55.9 Å². The lowest BCUT2D eigenvalue weighted by molar-refractivity contribution is -0.142. The van der Waals surface area contributed by atoms with Crippen molar-refractivity contribution in [1.29, 1.82) is 0 Å². The topological polar surface area (TPSA) is 58.6 Å². The van der Waals surface area contributed by atoms with Crippen molar-refractivity contribution in [2.24, 2.45) is 0 Å². The van der Waals surface area contributed by atoms with Gasteiger partial charge in [0.25, 0.3) is 5.91 Å². The van der Waals surface area contributed by atoms with E-state index in [4.69, 9.17) is 4.74 Å². The molecule has 5 heteroatoms. The molecule has 0 aliphatic carbocycles. The summed E-state index contributed by atoms with van der Waals surface area (Å²) in [6, 6.07) is 15.4. The van der Waals surface area contributed by atoms with Gasteiger partial charge in [0.15, 0.2) is 6.61 Å². The van der Waals surface area contributed by atoms with Crippen LogP contribution in [0.3, 0.4) is 0 Å². The first-order valence-corrected chi connectivity index (χ1v) is 10.8. The Labute approximate surface area is 180 Å². The van der Waals surface area contributed by atoms with Crippen LogP contribution in [0.2, 0.25) is 0 Å². The number of nitrogens with one attached hydrogen (secondary N) is 1. The van der Waals surface area contributed by atoms with Crippen molar-refractivity contribution in [2.45, 2.75) is 53.0 Å². The second-order valence-electron chi connectivity index (χ2n) is 7.60. The lowest BCUT2D eigenvalue weighted by Crippen LogP contribution is -2.51. The SMILES string of the molecule is CCCNC(=O)[C@@H](CC)N(CCc1ccccc1)C(=O)COc1cc(C)ccc1C. The van der Waals surface area contributed by atoms with Crippen LogP contribution in [0.5, 0.6) is 5.75 Å². The third-order valence-corrected chi connectivity index (χ3v) is 5.11. The van der Waals surface area contributed by atoms with Gasteiger partial charge in [0, 0.05) is 13.1 Å². The lowest BCUT2D eigenvalue weighted by atomic mass is 10.1. The zero-order valence-corrected chi connectivity index (χ0v) is 18.6. The number of ether oxygens (including phenoxy) is 1. The summed E-state index contributed by atoms with van der Waals surface area (Å²) < 4.78 is 5.85. The molecule has 0 heterocycles. The molecule has 5 nitrogen and oxygen atoms in total. The number of amides is 2. The van der Waals surface area contributed by atoms with Gasteiger partial charge in [-0.2, -0.15) is 0 Å². The van der Waals surface area contributed by atoms with E-state index in [0.717, 1.165) is 23.1 Å². The van der Waals surface area contributed by atoms with Crippen LogP contribution >= 0.6 is 0 Å². The molecule has 162 valence electrons. The monoisotopic (exact) mass is 410 g/mol. The van der Waals surface area contributed by atoms with E-state index >= 15 is 0 Å². The van der Waals surface area contributed by atoms with Crippen molar-refractivity contribution >= 4 is 11.8 Å². The molecule has 0 saturated carbocycles. The van der Waals surface area contributed by atoms with Gasteiger partial charge in [-0.1, -0.05) is 56.3 Å². The molecule has 2 amide bonds. The van der Waals surface area contributed by atoms with Gasteiger partial charge in [-0.15, -0.1) is 0 Å². The van der Waals surface area contributed by atoms with E-state index in [0.29, 0.717) is 31.7 Å². The highest BCUT2D eigenvalue weighted by Crippen LogP contribution is 2.19. The fourth-order valence-corrected chi connectivity index (χ4v) is 3.35. The quantitative estimate of drug-likeness (QED) is 0.608. The molecule has 0 unspecified atom stereocenters. The molecule has 0 saturated heterocycles. The summed E-state index contributed by atoms with van der Waals surface area (Å²) in [5, 5.41) is 2.93. The van der Waals surface area contributed by atoms with Crippen molar-refractivity contribution in [3.05, 3.63) is 65.2 Å². The molecule has 1 atom stereocenters. The first kappa shape index (κ1) is 23.5. The highest BCUT2D eigenvalue weighted by atomic mass is 16.5. The summed E-state index contributed by atoms with van der Waals surface area (Å²) in [6.45, 7) is 8.88. The summed E-state index contributed by atoms with van der Waals surface area (Å²) in [4.78, 5) is 27.5. The first-order chi connectivity index (χ1) is 14.5. The molecule has 2 rings (SSSR count). The van der Waals surface area contributed by atoms with Gasteiger partial charge in [0.05, 0.1) is 0 Å². The average Bonchev–Trinajstić information content (AvgIpc) is 2.76. The van der Waals surface area contributed by atoms with Crippen LogP contribution in [-0.4, -0.2) is 42.5 Å². The van der Waals surface area contributed by atoms with E-state index in [1.54, 1.807) is 4.90 Å². The van der Waals surface area contributed by atoms with Crippen LogP contribution in [0.4, 0.5) is 0 Å². The Morgan fingerprint density at radius 2 is 1.80 bits per heavy atom. The van der Waals surface area contributed by atoms with E-state index in [2.05, 4.69) is 5.32 Å². The molecule has 0 aliphatic rings. The molecule has 0 aliphatic heterocycles. The van der Waals surface area contributed by atoms with Crippen LogP contribution in [0.1, 0.15) is 43.4 Å². The molecule has 30 heavy (non-hydrogen) atoms. The molecule has 0 spiro atoms. The molecular formula is C25H34N2O3. The summed E-state index contributed by atoms with van der Waals surface area (Å²) in [7, 11) is 0. The number of hydrogen-bond acceptors (Lipinski definition) is 3. The third kappa shape index (κ3) is 6.90. The Hall–Kier alpha value is -2.82. The smallest absolute Gasteiger partial charge is 0.261 e. The van der Waals surface area contributed by atoms with Gasteiger partial charge in [-0.25, -0.2) is 0 Å². The Balaban J connectivity index is 2.14. The minimum Gasteiger partial charge on any atom is -0.483 e. The zero-order chi connectivity index (χ0) is 21.9. The van der Waals surface area contributed by atoms with Gasteiger partial charge in [0.2, 0.25) is 5.91 Å². The minimum absolute atomic E-state index is 0.0867. The van der Waals surface area contributed by atoms with Crippen LogP contribution in [0, 0.1) is 13.8 Å². The number of rotatable bonds is 11. The number of benzene rings is 2. The second-order valence-corrected chi connectivity index (χ2v) is 7.60. The van der Waals surface area contributed by atoms with Crippen LogP contribution in [0.15, 0.2) is 48.5 Å². The van der Waals surface area contributed by atoms with E-state index in [1.165, 1.54) is 0 Å². The van der Waals surface area contributed by atoms with E-state index in [-0.39, 0.29) is 18.4 Å². The Morgan fingerprint density at radius 1 is 1.07 bits per heavy atom. The number of carbonyl (C=O) groups is 2. The predicted molar refractivity (Wildman–Crippen MR) is 121 cm³/mol. The molecule has 2 aromatic rings. The largest absolute Gasteiger partial charge is 0.483 e. The standard InChI is InChI=1S/C25H34N2O3/c1-5-15-26-25(29)22(6-2)27(16-14-21-10-8-7-9-11-21)24(28)18-30-23-17-19(3)12-13-20(23)4/h7-13,17,22H,5-6,14-16,18H2,1-4H3,(H,26,29)/t22-/m1/s1. The Kier molecular flexibility index (Phi) is 9.39. The van der Waals surface area contributed by atoms with E-state index in [1.807, 2.05) is 76.2 Å². The van der Waals surface area contributed by atoms with Crippen LogP contribution in [-0.2, 0) is 16.0 Å². The van der Waals surface area contributed by atoms with Crippen molar-refractivity contribution in [2.75, 3.05) is 19.7 Å².